The summed E-state index contributed by atoms with van der Waals surface area (Å²) in [4.78, 5) is 0. The van der Waals surface area contributed by atoms with Crippen molar-refractivity contribution in [2.45, 2.75) is 64.6 Å². The maximum absolute atomic E-state index is 9.43. The van der Waals surface area contributed by atoms with Crippen LogP contribution in [-0.4, -0.2) is 22.4 Å². The Bertz CT molecular complexity index is 81.8. The van der Waals surface area contributed by atoms with Crippen LogP contribution in [0.15, 0.2) is 0 Å². The molecule has 12 heavy (non-hydrogen) atoms. The summed E-state index contributed by atoms with van der Waals surface area (Å²) in [5.41, 5.74) is 0. The fourth-order valence-corrected chi connectivity index (χ4v) is 1.21. The fourth-order valence-electron chi connectivity index (χ4n) is 1.21. The van der Waals surface area contributed by atoms with Gasteiger partial charge >= 0.3 is 0 Å². The minimum absolute atomic E-state index is 0.503. The van der Waals surface area contributed by atoms with Crippen molar-refractivity contribution in [3.8, 4) is 0 Å². The quantitative estimate of drug-likeness (QED) is 0.620. The molecule has 0 saturated carbocycles. The summed E-state index contributed by atoms with van der Waals surface area (Å²) in [5, 5.41) is 18.9. The van der Waals surface area contributed by atoms with Gasteiger partial charge in [0, 0.05) is 0 Å². The van der Waals surface area contributed by atoms with E-state index in [9.17, 15) is 10.2 Å². The summed E-state index contributed by atoms with van der Waals surface area (Å²) < 4.78 is 0. The smallest absolute Gasteiger partial charge is 0.0799 e. The second-order valence-electron chi connectivity index (χ2n) is 3.42. The Balaban J connectivity index is 3.39. The Morgan fingerprint density at radius 1 is 0.833 bits per heavy atom. The lowest BCUT2D eigenvalue weighted by Crippen LogP contribution is -2.25. The molecule has 0 amide bonds. The van der Waals surface area contributed by atoms with Gasteiger partial charge in [-0.15, -0.1) is 0 Å². The van der Waals surface area contributed by atoms with Gasteiger partial charge in [-0.3, -0.25) is 0 Å². The Labute approximate surface area is 75.6 Å². The van der Waals surface area contributed by atoms with Crippen molar-refractivity contribution in [2.75, 3.05) is 0 Å². The molecule has 2 heteroatoms. The molecule has 0 aromatic heterocycles. The molecule has 0 heterocycles. The average molecular weight is 174 g/mol. The molecule has 2 nitrogen and oxygen atoms in total. The van der Waals surface area contributed by atoms with Crippen LogP contribution < -0.4 is 0 Å². The predicted octanol–water partition coefficient (Wildman–Crippen LogP) is 2.09. The van der Waals surface area contributed by atoms with Gasteiger partial charge in [-0.05, 0) is 12.8 Å². The first-order chi connectivity index (χ1) is 5.72. The van der Waals surface area contributed by atoms with E-state index in [1.54, 1.807) is 0 Å². The highest BCUT2D eigenvalue weighted by Crippen LogP contribution is 2.10. The van der Waals surface area contributed by atoms with E-state index in [2.05, 4.69) is 13.8 Å². The van der Waals surface area contributed by atoms with E-state index in [-0.39, 0.29) is 0 Å². The molecule has 0 bridgehead atoms. The summed E-state index contributed by atoms with van der Waals surface area (Å²) in [5.74, 6) is 0. The van der Waals surface area contributed by atoms with Crippen LogP contribution >= 0.6 is 0 Å². The molecule has 0 saturated heterocycles. The molecular weight excluding hydrogens is 152 g/mol. The van der Waals surface area contributed by atoms with Crippen molar-refractivity contribution in [1.82, 2.24) is 0 Å². The van der Waals surface area contributed by atoms with E-state index in [1.165, 1.54) is 0 Å². The first kappa shape index (κ1) is 11.9. The molecule has 74 valence electrons. The molecule has 0 radical (unpaired) electrons. The molecule has 0 aliphatic heterocycles. The second-order valence-corrected chi connectivity index (χ2v) is 3.42. The highest BCUT2D eigenvalue weighted by Gasteiger charge is 2.14. The van der Waals surface area contributed by atoms with Crippen molar-refractivity contribution in [3.63, 3.8) is 0 Å². The van der Waals surface area contributed by atoms with E-state index >= 15 is 0 Å². The van der Waals surface area contributed by atoms with Crippen molar-refractivity contribution >= 4 is 0 Å². The lowest BCUT2D eigenvalue weighted by Gasteiger charge is -2.16. The third kappa shape index (κ3) is 5.56. The van der Waals surface area contributed by atoms with Gasteiger partial charge in [0.15, 0.2) is 0 Å². The summed E-state index contributed by atoms with van der Waals surface area (Å²) >= 11 is 0. The third-order valence-electron chi connectivity index (χ3n) is 2.15. The Morgan fingerprint density at radius 2 is 1.17 bits per heavy atom. The zero-order valence-corrected chi connectivity index (χ0v) is 8.29. The van der Waals surface area contributed by atoms with Crippen LogP contribution in [0.25, 0.3) is 0 Å². The van der Waals surface area contributed by atoms with Crippen LogP contribution in [0.2, 0.25) is 0 Å². The van der Waals surface area contributed by atoms with E-state index in [0.29, 0.717) is 0 Å². The van der Waals surface area contributed by atoms with Gasteiger partial charge in [-0.25, -0.2) is 0 Å². The minimum atomic E-state index is -0.503. The maximum atomic E-state index is 9.43. The molecule has 0 fully saturated rings. The van der Waals surface area contributed by atoms with Crippen LogP contribution in [0.3, 0.4) is 0 Å². The van der Waals surface area contributed by atoms with Crippen LogP contribution in [0, 0.1) is 0 Å². The normalized spacial score (nSPS) is 16.0. The lowest BCUT2D eigenvalue weighted by atomic mass is 10.0. The molecule has 0 rings (SSSR count). The van der Waals surface area contributed by atoms with Gasteiger partial charge in [0.1, 0.15) is 0 Å². The average Bonchev–Trinajstić information content (AvgIpc) is 2.10. The monoisotopic (exact) mass is 174 g/mol. The number of hydrogen-bond donors (Lipinski definition) is 2. The number of hydrogen-bond acceptors (Lipinski definition) is 2. The predicted molar refractivity (Wildman–Crippen MR) is 51.1 cm³/mol. The minimum Gasteiger partial charge on any atom is -0.390 e. The number of unbranched alkanes of at least 4 members (excludes halogenated alkanes) is 2. The standard InChI is InChI=1S/C10H22O2/c1-3-5-7-9(11)10(12)8-6-4-2/h9-12H,3-8H2,1-2H3/t9-,10-/m1/s1. The number of aliphatic hydroxyl groups is 2. The van der Waals surface area contributed by atoms with E-state index < -0.39 is 12.2 Å². The molecule has 0 unspecified atom stereocenters. The van der Waals surface area contributed by atoms with E-state index in [1.807, 2.05) is 0 Å². The molecule has 0 aliphatic carbocycles. The highest BCUT2D eigenvalue weighted by atomic mass is 16.3. The van der Waals surface area contributed by atoms with Crippen LogP contribution in [0.5, 0.6) is 0 Å². The van der Waals surface area contributed by atoms with Crippen molar-refractivity contribution < 1.29 is 10.2 Å². The summed E-state index contributed by atoms with van der Waals surface area (Å²) in [7, 11) is 0. The Hall–Kier alpha value is -0.0800. The molecule has 2 N–H and O–H groups in total. The molecular formula is C10H22O2. The maximum Gasteiger partial charge on any atom is 0.0799 e. The molecule has 0 aromatic carbocycles. The Morgan fingerprint density at radius 3 is 1.42 bits per heavy atom. The van der Waals surface area contributed by atoms with Crippen molar-refractivity contribution in [2.24, 2.45) is 0 Å². The zero-order chi connectivity index (χ0) is 9.40. The van der Waals surface area contributed by atoms with Crippen LogP contribution in [-0.2, 0) is 0 Å². The van der Waals surface area contributed by atoms with Gasteiger partial charge in [0.05, 0.1) is 12.2 Å². The van der Waals surface area contributed by atoms with Crippen molar-refractivity contribution in [1.29, 1.82) is 0 Å². The summed E-state index contributed by atoms with van der Waals surface area (Å²) in [6.07, 6.45) is 4.64. The lowest BCUT2D eigenvalue weighted by molar-refractivity contribution is 0.00764. The highest BCUT2D eigenvalue weighted by molar-refractivity contribution is 4.66. The Kier molecular flexibility index (Phi) is 7.51. The zero-order valence-electron chi connectivity index (χ0n) is 8.29. The topological polar surface area (TPSA) is 40.5 Å². The number of rotatable bonds is 7. The fraction of sp³-hybridized carbons (Fsp3) is 1.00. The van der Waals surface area contributed by atoms with Gasteiger partial charge in [-0.1, -0.05) is 39.5 Å². The van der Waals surface area contributed by atoms with Gasteiger partial charge in [-0.2, -0.15) is 0 Å². The first-order valence-electron chi connectivity index (χ1n) is 5.08. The molecule has 0 aromatic rings. The van der Waals surface area contributed by atoms with Gasteiger partial charge < -0.3 is 10.2 Å². The second kappa shape index (κ2) is 7.56. The van der Waals surface area contributed by atoms with E-state index in [4.69, 9.17) is 0 Å². The SMILES string of the molecule is CCCC[C@@H](O)[C@H](O)CCCC. The third-order valence-corrected chi connectivity index (χ3v) is 2.15. The van der Waals surface area contributed by atoms with Gasteiger partial charge in [0.2, 0.25) is 0 Å². The summed E-state index contributed by atoms with van der Waals surface area (Å²) in [6, 6.07) is 0. The van der Waals surface area contributed by atoms with Crippen LogP contribution in [0.4, 0.5) is 0 Å². The van der Waals surface area contributed by atoms with E-state index in [0.717, 1.165) is 38.5 Å². The largest absolute Gasteiger partial charge is 0.390 e. The summed E-state index contributed by atoms with van der Waals surface area (Å²) in [6.45, 7) is 4.18. The first-order valence-corrected chi connectivity index (χ1v) is 5.08. The van der Waals surface area contributed by atoms with Crippen molar-refractivity contribution in [3.05, 3.63) is 0 Å². The number of aliphatic hydroxyl groups excluding tert-OH is 2. The van der Waals surface area contributed by atoms with Gasteiger partial charge in [0.25, 0.3) is 0 Å². The molecule has 2 atom stereocenters. The molecule has 0 spiro atoms. The van der Waals surface area contributed by atoms with Crippen LogP contribution in [0.1, 0.15) is 52.4 Å². The molecule has 0 aliphatic rings.